The van der Waals surface area contributed by atoms with E-state index in [1.165, 1.54) is 5.56 Å². The van der Waals surface area contributed by atoms with Crippen molar-refractivity contribution in [2.24, 2.45) is 0 Å². The molecule has 0 radical (unpaired) electrons. The van der Waals surface area contributed by atoms with Crippen LogP contribution in [0.5, 0.6) is 0 Å². The summed E-state index contributed by atoms with van der Waals surface area (Å²) in [6.45, 7) is 0.742. The zero-order valence-electron chi connectivity index (χ0n) is 11.2. The minimum Gasteiger partial charge on any atom is -0.456 e. The molecule has 3 nitrogen and oxygen atoms in total. The molecule has 102 valence electrons. The third kappa shape index (κ3) is 2.89. The number of esters is 1. The summed E-state index contributed by atoms with van der Waals surface area (Å²) in [7, 11) is 0. The van der Waals surface area contributed by atoms with Gasteiger partial charge in [0.15, 0.2) is 0 Å². The Bertz CT molecular complexity index is 568. The maximum absolute atomic E-state index is 11.6. The Labute approximate surface area is 118 Å². The lowest BCUT2D eigenvalue weighted by molar-refractivity contribution is -0.141. The van der Waals surface area contributed by atoms with E-state index >= 15 is 0 Å². The van der Waals surface area contributed by atoms with E-state index in [0.29, 0.717) is 6.42 Å². The second kappa shape index (κ2) is 5.88. The summed E-state index contributed by atoms with van der Waals surface area (Å²) in [6, 6.07) is 20.1. The monoisotopic (exact) mass is 267 g/mol. The number of nitrogens with one attached hydrogen (secondary N) is 1. The van der Waals surface area contributed by atoms with Crippen LogP contribution in [0.25, 0.3) is 0 Å². The van der Waals surface area contributed by atoms with Crippen molar-refractivity contribution in [3.63, 3.8) is 0 Å². The number of benzene rings is 2. The molecule has 0 bridgehead atoms. The van der Waals surface area contributed by atoms with Crippen molar-refractivity contribution in [3.05, 3.63) is 71.8 Å². The van der Waals surface area contributed by atoms with Gasteiger partial charge in [-0.3, -0.25) is 4.79 Å². The molecule has 1 N–H and O–H groups in total. The van der Waals surface area contributed by atoms with Crippen LogP contribution in [0.1, 0.15) is 23.7 Å². The van der Waals surface area contributed by atoms with Gasteiger partial charge in [-0.05, 0) is 11.1 Å². The van der Waals surface area contributed by atoms with Gasteiger partial charge in [-0.25, -0.2) is 0 Å². The Morgan fingerprint density at radius 1 is 1.00 bits per heavy atom. The summed E-state index contributed by atoms with van der Waals surface area (Å²) in [5, 5.41) is 3.43. The SMILES string of the molecule is O=C1C[C@H](NCc2ccccc2)[C@H](c2ccccc2)O1. The van der Waals surface area contributed by atoms with Gasteiger partial charge in [0, 0.05) is 6.54 Å². The van der Waals surface area contributed by atoms with E-state index < -0.39 is 0 Å². The first-order valence-corrected chi connectivity index (χ1v) is 6.84. The lowest BCUT2D eigenvalue weighted by Gasteiger charge is -2.19. The number of carbonyl (C=O) groups is 1. The van der Waals surface area contributed by atoms with Gasteiger partial charge >= 0.3 is 5.97 Å². The number of cyclic esters (lactones) is 1. The van der Waals surface area contributed by atoms with Crippen molar-refractivity contribution in [1.82, 2.24) is 5.32 Å². The molecule has 2 atom stereocenters. The Morgan fingerprint density at radius 2 is 1.65 bits per heavy atom. The van der Waals surface area contributed by atoms with E-state index in [-0.39, 0.29) is 18.1 Å². The highest BCUT2D eigenvalue weighted by Crippen LogP contribution is 2.30. The van der Waals surface area contributed by atoms with Gasteiger partial charge in [-0.1, -0.05) is 60.7 Å². The first-order chi connectivity index (χ1) is 9.83. The minimum atomic E-state index is -0.188. The third-order valence-corrected chi connectivity index (χ3v) is 3.55. The van der Waals surface area contributed by atoms with Crippen LogP contribution >= 0.6 is 0 Å². The van der Waals surface area contributed by atoms with Gasteiger partial charge in [0.05, 0.1) is 12.5 Å². The molecule has 0 saturated carbocycles. The number of rotatable bonds is 4. The van der Waals surface area contributed by atoms with E-state index in [4.69, 9.17) is 4.74 Å². The van der Waals surface area contributed by atoms with Crippen molar-refractivity contribution >= 4 is 5.97 Å². The summed E-state index contributed by atoms with van der Waals surface area (Å²) in [4.78, 5) is 11.6. The molecule has 0 amide bonds. The molecule has 0 spiro atoms. The first-order valence-electron chi connectivity index (χ1n) is 6.84. The fourth-order valence-electron chi connectivity index (χ4n) is 2.53. The number of hydrogen-bond acceptors (Lipinski definition) is 3. The fourth-order valence-corrected chi connectivity index (χ4v) is 2.53. The van der Waals surface area contributed by atoms with Crippen LogP contribution < -0.4 is 5.32 Å². The number of ether oxygens (including phenoxy) is 1. The molecule has 3 rings (SSSR count). The predicted molar refractivity (Wildman–Crippen MR) is 77.0 cm³/mol. The molecule has 2 aromatic rings. The second-order valence-electron chi connectivity index (χ2n) is 5.00. The first kappa shape index (κ1) is 12.9. The minimum absolute atomic E-state index is 0.0325. The van der Waals surface area contributed by atoms with Crippen LogP contribution in [0.3, 0.4) is 0 Å². The topological polar surface area (TPSA) is 38.3 Å². The van der Waals surface area contributed by atoms with Crippen LogP contribution in [-0.2, 0) is 16.1 Å². The van der Waals surface area contributed by atoms with Crippen molar-refractivity contribution in [3.8, 4) is 0 Å². The van der Waals surface area contributed by atoms with E-state index in [0.717, 1.165) is 12.1 Å². The van der Waals surface area contributed by atoms with Gasteiger partial charge in [-0.2, -0.15) is 0 Å². The predicted octanol–water partition coefficient (Wildman–Crippen LogP) is 2.83. The number of carbonyl (C=O) groups excluding carboxylic acids is 1. The molecule has 1 aliphatic heterocycles. The van der Waals surface area contributed by atoms with Crippen molar-refractivity contribution in [2.75, 3.05) is 0 Å². The maximum atomic E-state index is 11.6. The van der Waals surface area contributed by atoms with Gasteiger partial charge in [0.25, 0.3) is 0 Å². The summed E-state index contributed by atoms with van der Waals surface area (Å²) < 4.78 is 5.45. The maximum Gasteiger partial charge on any atom is 0.308 e. The zero-order chi connectivity index (χ0) is 13.8. The van der Waals surface area contributed by atoms with Gasteiger partial charge in [-0.15, -0.1) is 0 Å². The summed E-state index contributed by atoms with van der Waals surface area (Å²) in [5.41, 5.74) is 2.25. The van der Waals surface area contributed by atoms with E-state index in [9.17, 15) is 4.79 Å². The molecule has 0 aliphatic carbocycles. The quantitative estimate of drug-likeness (QED) is 0.866. The molecular formula is C17H17NO2. The molecule has 2 aromatic carbocycles. The van der Waals surface area contributed by atoms with Gasteiger partial charge in [0.1, 0.15) is 6.10 Å². The zero-order valence-corrected chi connectivity index (χ0v) is 11.2. The van der Waals surface area contributed by atoms with Crippen LogP contribution in [0.4, 0.5) is 0 Å². The van der Waals surface area contributed by atoms with Crippen molar-refractivity contribution in [2.45, 2.75) is 25.1 Å². The molecule has 1 saturated heterocycles. The van der Waals surface area contributed by atoms with Crippen molar-refractivity contribution in [1.29, 1.82) is 0 Å². The highest BCUT2D eigenvalue weighted by Gasteiger charge is 2.35. The summed E-state index contributed by atoms with van der Waals surface area (Å²) in [5.74, 6) is -0.135. The fraction of sp³-hybridized carbons (Fsp3) is 0.235. The molecule has 1 aliphatic rings. The Hall–Kier alpha value is -2.13. The normalized spacial score (nSPS) is 21.7. The standard InChI is InChI=1S/C17H17NO2/c19-16-11-15(18-12-13-7-3-1-4-8-13)17(20-16)14-9-5-2-6-10-14/h1-10,15,17-18H,11-12H2/t15-,17-/m0/s1. The average Bonchev–Trinajstić information content (AvgIpc) is 2.88. The summed E-state index contributed by atoms with van der Waals surface area (Å²) in [6.07, 6.45) is 0.235. The van der Waals surface area contributed by atoms with Crippen LogP contribution in [-0.4, -0.2) is 12.0 Å². The molecule has 0 unspecified atom stereocenters. The Balaban J connectivity index is 1.69. The van der Waals surface area contributed by atoms with Crippen LogP contribution in [0.15, 0.2) is 60.7 Å². The van der Waals surface area contributed by atoms with Gasteiger partial charge in [0.2, 0.25) is 0 Å². The smallest absolute Gasteiger partial charge is 0.308 e. The lowest BCUT2D eigenvalue weighted by atomic mass is 10.0. The number of hydrogen-bond donors (Lipinski definition) is 1. The highest BCUT2D eigenvalue weighted by molar-refractivity contribution is 5.73. The molecule has 1 fully saturated rings. The van der Waals surface area contributed by atoms with E-state index in [2.05, 4.69) is 17.4 Å². The van der Waals surface area contributed by atoms with Crippen LogP contribution in [0, 0.1) is 0 Å². The Morgan fingerprint density at radius 3 is 2.35 bits per heavy atom. The van der Waals surface area contributed by atoms with E-state index in [1.54, 1.807) is 0 Å². The Kier molecular flexibility index (Phi) is 3.79. The second-order valence-corrected chi connectivity index (χ2v) is 5.00. The molecule has 3 heteroatoms. The van der Waals surface area contributed by atoms with E-state index in [1.807, 2.05) is 48.5 Å². The average molecular weight is 267 g/mol. The molecule has 20 heavy (non-hydrogen) atoms. The van der Waals surface area contributed by atoms with Crippen molar-refractivity contribution < 1.29 is 9.53 Å². The molecule has 1 heterocycles. The highest BCUT2D eigenvalue weighted by atomic mass is 16.6. The summed E-state index contributed by atoms with van der Waals surface area (Å²) >= 11 is 0. The largest absolute Gasteiger partial charge is 0.456 e. The van der Waals surface area contributed by atoms with Crippen LogP contribution in [0.2, 0.25) is 0 Å². The lowest BCUT2D eigenvalue weighted by Crippen LogP contribution is -2.31. The molecule has 0 aromatic heterocycles. The van der Waals surface area contributed by atoms with Gasteiger partial charge < -0.3 is 10.1 Å². The molecular weight excluding hydrogens is 250 g/mol. The third-order valence-electron chi connectivity index (χ3n) is 3.55.